The molecule has 0 bridgehead atoms. The van der Waals surface area contributed by atoms with Crippen molar-refractivity contribution in [3.63, 3.8) is 0 Å². The number of aromatic nitrogens is 4. The van der Waals surface area contributed by atoms with Crippen LogP contribution in [0.15, 0.2) is 60.7 Å². The van der Waals surface area contributed by atoms with E-state index in [-0.39, 0.29) is 11.8 Å². The number of aromatic amines is 2. The van der Waals surface area contributed by atoms with Crippen LogP contribution in [0, 0.1) is 0 Å². The van der Waals surface area contributed by atoms with Crippen molar-refractivity contribution in [3.8, 4) is 22.8 Å². The lowest BCUT2D eigenvalue weighted by atomic mass is 10.1. The number of hydrogen-bond acceptors (Lipinski definition) is 6. The summed E-state index contributed by atoms with van der Waals surface area (Å²) in [5.74, 6) is 0.817. The predicted molar refractivity (Wildman–Crippen MR) is 141 cm³/mol. The Hall–Kier alpha value is -4.54. The Bertz CT molecular complexity index is 1480. The maximum absolute atomic E-state index is 12.0. The van der Waals surface area contributed by atoms with E-state index in [0.29, 0.717) is 23.0 Å². The number of nitrogens with zero attached hydrogens (tertiary/aromatic N) is 2. The van der Waals surface area contributed by atoms with E-state index < -0.39 is 12.1 Å². The zero-order valence-corrected chi connectivity index (χ0v) is 19.8. The van der Waals surface area contributed by atoms with E-state index in [4.69, 9.17) is 21.4 Å². The topological polar surface area (TPSA) is 168 Å². The number of carbonyl (C=O) groups excluding carboxylic acids is 2. The maximum Gasteiger partial charge on any atom is 0.240 e. The zero-order valence-electron chi connectivity index (χ0n) is 19.8. The second kappa shape index (κ2) is 9.25. The fraction of sp³-hybridized carbons (Fsp3) is 0.154. The molecule has 2 atom stereocenters. The van der Waals surface area contributed by atoms with E-state index in [2.05, 4.69) is 20.6 Å². The van der Waals surface area contributed by atoms with E-state index in [1.54, 1.807) is 26.0 Å². The number of benzene rings is 3. The predicted octanol–water partition coefficient (Wildman–Crippen LogP) is 3.34. The number of nitrogens with two attached hydrogens (primary N) is 2. The molecular formula is C26H26N8O2. The molecule has 2 unspecified atom stereocenters. The van der Waals surface area contributed by atoms with Gasteiger partial charge in [-0.3, -0.25) is 9.59 Å². The molecule has 0 aliphatic heterocycles. The van der Waals surface area contributed by atoms with Gasteiger partial charge >= 0.3 is 0 Å². The first-order chi connectivity index (χ1) is 17.3. The van der Waals surface area contributed by atoms with Gasteiger partial charge in [-0.25, -0.2) is 9.97 Å². The second-order valence-electron chi connectivity index (χ2n) is 8.74. The number of imidazole rings is 2. The second-order valence-corrected chi connectivity index (χ2v) is 8.74. The Morgan fingerprint density at radius 3 is 1.53 bits per heavy atom. The Kier molecular flexibility index (Phi) is 5.96. The van der Waals surface area contributed by atoms with Gasteiger partial charge in [0, 0.05) is 22.5 Å². The molecule has 5 rings (SSSR count). The molecule has 182 valence electrons. The summed E-state index contributed by atoms with van der Waals surface area (Å²) in [6, 6.07) is 17.5. The van der Waals surface area contributed by atoms with Crippen molar-refractivity contribution in [2.75, 3.05) is 10.6 Å². The van der Waals surface area contributed by atoms with E-state index in [0.717, 1.165) is 33.2 Å². The molecule has 2 aromatic heterocycles. The zero-order chi connectivity index (χ0) is 25.4. The number of H-pyrrole nitrogens is 2. The number of fused-ring (bicyclic) bond motifs is 2. The monoisotopic (exact) mass is 482 g/mol. The van der Waals surface area contributed by atoms with Gasteiger partial charge in [-0.15, -0.1) is 0 Å². The third-order valence-electron chi connectivity index (χ3n) is 5.76. The molecule has 10 nitrogen and oxygen atoms in total. The molecule has 2 heterocycles. The number of nitrogens with one attached hydrogen (secondary N) is 4. The summed E-state index contributed by atoms with van der Waals surface area (Å²) in [6.07, 6.45) is 0. The lowest BCUT2D eigenvalue weighted by Crippen LogP contribution is -2.32. The lowest BCUT2D eigenvalue weighted by Gasteiger charge is -2.07. The molecule has 0 fully saturated rings. The fourth-order valence-corrected chi connectivity index (χ4v) is 3.84. The maximum atomic E-state index is 12.0. The van der Waals surface area contributed by atoms with Gasteiger partial charge in [-0.2, -0.15) is 0 Å². The summed E-state index contributed by atoms with van der Waals surface area (Å²) in [7, 11) is 0. The average Bonchev–Trinajstić information content (AvgIpc) is 3.47. The van der Waals surface area contributed by atoms with E-state index in [9.17, 15) is 9.59 Å². The van der Waals surface area contributed by atoms with Crippen LogP contribution in [0.25, 0.3) is 44.8 Å². The highest BCUT2D eigenvalue weighted by molar-refractivity contribution is 5.97. The van der Waals surface area contributed by atoms with Crippen LogP contribution in [-0.2, 0) is 9.59 Å². The first-order valence-corrected chi connectivity index (χ1v) is 11.5. The molecular weight excluding hydrogens is 456 g/mol. The van der Waals surface area contributed by atoms with E-state index >= 15 is 0 Å². The molecule has 5 aromatic rings. The smallest absolute Gasteiger partial charge is 0.240 e. The van der Waals surface area contributed by atoms with Crippen LogP contribution >= 0.6 is 0 Å². The highest BCUT2D eigenvalue weighted by Crippen LogP contribution is 2.32. The molecule has 0 saturated carbocycles. The molecule has 2 amide bonds. The minimum Gasteiger partial charge on any atom is -0.338 e. The SMILES string of the molecule is CC(N)C(=O)Nc1ccc2nc(-c3ccccc3-c3nc4ccc(NC(=O)C(C)N)cc4[nH]3)[nH]c2c1. The third-order valence-corrected chi connectivity index (χ3v) is 5.76. The summed E-state index contributed by atoms with van der Waals surface area (Å²) in [4.78, 5) is 40.1. The Morgan fingerprint density at radius 2 is 1.14 bits per heavy atom. The van der Waals surface area contributed by atoms with Crippen molar-refractivity contribution in [3.05, 3.63) is 60.7 Å². The molecule has 0 aliphatic carbocycles. The minimum atomic E-state index is -0.606. The van der Waals surface area contributed by atoms with Gasteiger partial charge in [-0.1, -0.05) is 24.3 Å². The van der Waals surface area contributed by atoms with Gasteiger partial charge in [-0.05, 0) is 50.2 Å². The molecule has 0 aliphatic rings. The summed E-state index contributed by atoms with van der Waals surface area (Å²) < 4.78 is 0. The molecule has 3 aromatic carbocycles. The van der Waals surface area contributed by atoms with E-state index in [1.165, 1.54) is 0 Å². The third kappa shape index (κ3) is 4.54. The first-order valence-electron chi connectivity index (χ1n) is 11.5. The van der Waals surface area contributed by atoms with Gasteiger partial charge in [0.25, 0.3) is 0 Å². The molecule has 36 heavy (non-hydrogen) atoms. The number of rotatable bonds is 6. The molecule has 8 N–H and O–H groups in total. The van der Waals surface area contributed by atoms with Crippen LogP contribution in [0.3, 0.4) is 0 Å². The number of anilines is 2. The quantitative estimate of drug-likeness (QED) is 0.217. The van der Waals surface area contributed by atoms with Crippen LogP contribution in [0.1, 0.15) is 13.8 Å². The normalized spacial score (nSPS) is 13.0. The van der Waals surface area contributed by atoms with Gasteiger partial charge in [0.15, 0.2) is 0 Å². The van der Waals surface area contributed by atoms with Crippen LogP contribution in [0.2, 0.25) is 0 Å². The highest BCUT2D eigenvalue weighted by atomic mass is 16.2. The van der Waals surface area contributed by atoms with Gasteiger partial charge in [0.05, 0.1) is 34.2 Å². The van der Waals surface area contributed by atoms with Crippen molar-refractivity contribution in [2.45, 2.75) is 25.9 Å². The number of hydrogen-bond donors (Lipinski definition) is 6. The highest BCUT2D eigenvalue weighted by Gasteiger charge is 2.16. The fourth-order valence-electron chi connectivity index (χ4n) is 3.84. The summed E-state index contributed by atoms with van der Waals surface area (Å²) in [6.45, 7) is 3.27. The minimum absolute atomic E-state index is 0.260. The summed E-state index contributed by atoms with van der Waals surface area (Å²) >= 11 is 0. The number of carbonyl (C=O) groups is 2. The Balaban J connectivity index is 1.49. The van der Waals surface area contributed by atoms with Gasteiger partial charge in [0.2, 0.25) is 11.8 Å². The largest absolute Gasteiger partial charge is 0.338 e. The van der Waals surface area contributed by atoms with Crippen LogP contribution in [-0.4, -0.2) is 43.8 Å². The van der Waals surface area contributed by atoms with Crippen molar-refractivity contribution in [1.82, 2.24) is 19.9 Å². The van der Waals surface area contributed by atoms with Crippen molar-refractivity contribution in [2.24, 2.45) is 11.5 Å². The molecule has 0 saturated heterocycles. The van der Waals surface area contributed by atoms with Crippen LogP contribution in [0.4, 0.5) is 11.4 Å². The molecule has 10 heteroatoms. The average molecular weight is 483 g/mol. The Morgan fingerprint density at radius 1 is 0.722 bits per heavy atom. The first kappa shape index (κ1) is 23.2. The van der Waals surface area contributed by atoms with Gasteiger partial charge in [0.1, 0.15) is 11.6 Å². The molecule has 0 spiro atoms. The van der Waals surface area contributed by atoms with Crippen LogP contribution < -0.4 is 22.1 Å². The van der Waals surface area contributed by atoms with Crippen molar-refractivity contribution in [1.29, 1.82) is 0 Å². The van der Waals surface area contributed by atoms with Gasteiger partial charge < -0.3 is 32.1 Å². The molecule has 0 radical (unpaired) electrons. The summed E-state index contributed by atoms with van der Waals surface area (Å²) in [5, 5.41) is 5.59. The Labute approximate surface area is 206 Å². The standard InChI is InChI=1S/C26H26N8O2/c1-13(27)25(35)29-15-7-9-19-21(11-15)33-23(31-19)17-5-3-4-6-18(17)24-32-20-10-8-16(12-22(20)34-24)30-26(36)14(2)28/h3-14H,27-28H2,1-2H3,(H,29,35)(H,30,36)(H,31,33)(H,32,34). The van der Waals surface area contributed by atoms with E-state index in [1.807, 2.05) is 48.5 Å². The lowest BCUT2D eigenvalue weighted by molar-refractivity contribution is -0.117. The van der Waals surface area contributed by atoms with Crippen molar-refractivity contribution >= 4 is 45.3 Å². The number of amides is 2. The van der Waals surface area contributed by atoms with Crippen LogP contribution in [0.5, 0.6) is 0 Å². The summed E-state index contributed by atoms with van der Waals surface area (Å²) in [5.41, 5.74) is 17.4. The van der Waals surface area contributed by atoms with Crippen molar-refractivity contribution < 1.29 is 9.59 Å².